The van der Waals surface area contributed by atoms with Crippen molar-refractivity contribution in [1.29, 1.82) is 0 Å². The second-order valence-corrected chi connectivity index (χ2v) is 1.28. The van der Waals surface area contributed by atoms with Crippen molar-refractivity contribution >= 4 is 14.8 Å². The molecule has 0 saturated heterocycles. The number of carboxylic acid groups (broad SMARTS) is 1. The van der Waals surface area contributed by atoms with E-state index in [0.717, 1.165) is 0 Å². The zero-order chi connectivity index (χ0) is 5.86. The fourth-order valence-corrected chi connectivity index (χ4v) is 0.200. The first-order valence-electron chi connectivity index (χ1n) is 1.19. The molecule has 0 fully saturated rings. The van der Waals surface area contributed by atoms with Crippen molar-refractivity contribution in [3.8, 4) is 0 Å². The first kappa shape index (κ1) is 11.4. The summed E-state index contributed by atoms with van der Waals surface area (Å²) in [7, 11) is -2.80. The van der Waals surface area contributed by atoms with Gasteiger partial charge in [0, 0.05) is 0 Å². The largest absolute Gasteiger partial charge is 1.00 e. The van der Waals surface area contributed by atoms with Crippen molar-refractivity contribution in [3.05, 3.63) is 0 Å². The maximum Gasteiger partial charge on any atom is 1.00 e. The number of carbonyl (C=O) groups is 1. The molecule has 0 aliphatic rings. The summed E-state index contributed by atoms with van der Waals surface area (Å²) in [4.78, 5) is 24.6. The van der Waals surface area contributed by atoms with Crippen LogP contribution in [-0.2, 0) is 4.52 Å². The minimum atomic E-state index is -2.80. The molecular formula is CH2NaO5P. The van der Waals surface area contributed by atoms with E-state index >= 15 is 0 Å². The van der Waals surface area contributed by atoms with Crippen LogP contribution in [0.15, 0.2) is 0 Å². The molecule has 0 unspecified atom stereocenters. The van der Waals surface area contributed by atoms with Crippen LogP contribution < -0.4 is 34.7 Å². The van der Waals surface area contributed by atoms with Crippen molar-refractivity contribution in [2.75, 3.05) is 0 Å². The Morgan fingerprint density at radius 2 is 2.00 bits per heavy atom. The van der Waals surface area contributed by atoms with Gasteiger partial charge in [0.05, 0.1) is 0 Å². The molecule has 0 aromatic rings. The minimum absolute atomic E-state index is 0. The molecular weight excluding hydrogens is 146 g/mol. The Labute approximate surface area is 68.6 Å². The van der Waals surface area contributed by atoms with Crippen molar-refractivity contribution in [1.82, 2.24) is 0 Å². The first-order chi connectivity index (χ1) is 3.13. The summed E-state index contributed by atoms with van der Waals surface area (Å²) in [5.74, 6) is 0. The van der Waals surface area contributed by atoms with E-state index in [4.69, 9.17) is 9.79 Å². The van der Waals surface area contributed by atoms with Gasteiger partial charge in [-0.05, 0) is 0 Å². The van der Waals surface area contributed by atoms with Crippen LogP contribution >= 0.6 is 8.60 Å². The Morgan fingerprint density at radius 1 is 1.62 bits per heavy atom. The standard InChI is InChI=1S/CH3O5P.Na/c2-1(3)6-7(4)5;/h4-5H,(H,2,3);/q;+1/p-1. The van der Waals surface area contributed by atoms with Crippen molar-refractivity contribution < 1.29 is 53.8 Å². The number of rotatable bonds is 1. The van der Waals surface area contributed by atoms with Crippen LogP contribution in [0.1, 0.15) is 0 Å². The Balaban J connectivity index is 0. The SMILES string of the molecule is O=C([O-])OP(O)O.[Na+]. The van der Waals surface area contributed by atoms with Crippen molar-refractivity contribution in [2.24, 2.45) is 0 Å². The average molecular weight is 148 g/mol. The molecule has 0 aromatic carbocycles. The van der Waals surface area contributed by atoms with Crippen LogP contribution in [-0.4, -0.2) is 15.9 Å². The predicted octanol–water partition coefficient (Wildman–Crippen LogP) is -4.44. The third-order valence-electron chi connectivity index (χ3n) is 0.156. The van der Waals surface area contributed by atoms with Crippen LogP contribution in [0.2, 0.25) is 0 Å². The fraction of sp³-hybridized carbons (Fsp3) is 0. The molecule has 7 heteroatoms. The van der Waals surface area contributed by atoms with E-state index in [1.807, 2.05) is 0 Å². The van der Waals surface area contributed by atoms with E-state index in [9.17, 15) is 9.90 Å². The van der Waals surface area contributed by atoms with E-state index in [1.165, 1.54) is 0 Å². The average Bonchev–Trinajstić information content (AvgIpc) is 1.27. The summed E-state index contributed by atoms with van der Waals surface area (Å²) in [6, 6.07) is 0. The smallest absolute Gasteiger partial charge is 0.479 e. The van der Waals surface area contributed by atoms with E-state index in [-0.39, 0.29) is 29.6 Å². The number of carbonyl (C=O) groups excluding carboxylic acids is 1. The van der Waals surface area contributed by atoms with Gasteiger partial charge in [-0.15, -0.1) is 0 Å². The number of hydrogen-bond acceptors (Lipinski definition) is 5. The van der Waals surface area contributed by atoms with Crippen LogP contribution in [0, 0.1) is 0 Å². The third-order valence-corrected chi connectivity index (χ3v) is 0.469. The summed E-state index contributed by atoms with van der Waals surface area (Å²) in [6.07, 6.45) is -1.93. The molecule has 0 aliphatic carbocycles. The zero-order valence-electron chi connectivity index (χ0n) is 4.07. The molecule has 0 saturated carbocycles. The Bertz CT molecular complexity index is 72.8. The van der Waals surface area contributed by atoms with Gasteiger partial charge in [0.2, 0.25) is 0 Å². The van der Waals surface area contributed by atoms with Crippen molar-refractivity contribution in [2.45, 2.75) is 0 Å². The molecule has 0 amide bonds. The quantitative estimate of drug-likeness (QED) is 0.289. The van der Waals surface area contributed by atoms with Gasteiger partial charge in [0.1, 0.15) is 0 Å². The van der Waals surface area contributed by atoms with Gasteiger partial charge < -0.3 is 24.2 Å². The summed E-state index contributed by atoms with van der Waals surface area (Å²) in [5, 5.41) is 9.17. The van der Waals surface area contributed by atoms with Gasteiger partial charge in [0.25, 0.3) is 14.8 Å². The predicted molar refractivity (Wildman–Crippen MR) is 17.8 cm³/mol. The second-order valence-electron chi connectivity index (χ2n) is 0.594. The molecule has 0 spiro atoms. The number of hydrogen-bond donors (Lipinski definition) is 2. The zero-order valence-corrected chi connectivity index (χ0v) is 6.96. The Morgan fingerprint density at radius 3 is 2.00 bits per heavy atom. The van der Waals surface area contributed by atoms with E-state index < -0.39 is 14.8 Å². The third kappa shape index (κ3) is 9.80. The molecule has 0 radical (unpaired) electrons. The molecule has 5 nitrogen and oxygen atoms in total. The van der Waals surface area contributed by atoms with Crippen LogP contribution in [0.5, 0.6) is 0 Å². The molecule has 0 atom stereocenters. The molecule has 2 N–H and O–H groups in total. The minimum Gasteiger partial charge on any atom is -0.479 e. The normalized spacial score (nSPS) is 7.88. The molecule has 0 aliphatic heterocycles. The topological polar surface area (TPSA) is 89.8 Å². The van der Waals surface area contributed by atoms with Crippen LogP contribution in [0.3, 0.4) is 0 Å². The fourth-order valence-electron chi connectivity index (χ4n) is 0.0667. The van der Waals surface area contributed by atoms with Crippen molar-refractivity contribution in [3.63, 3.8) is 0 Å². The van der Waals surface area contributed by atoms with Gasteiger partial charge in [-0.3, -0.25) is 0 Å². The summed E-state index contributed by atoms with van der Waals surface area (Å²) in [6.45, 7) is 0. The van der Waals surface area contributed by atoms with E-state index in [1.54, 1.807) is 0 Å². The van der Waals surface area contributed by atoms with Crippen LogP contribution in [0.4, 0.5) is 4.79 Å². The van der Waals surface area contributed by atoms with Gasteiger partial charge in [-0.25, -0.2) is 0 Å². The van der Waals surface area contributed by atoms with E-state index in [2.05, 4.69) is 4.52 Å². The molecule has 0 heterocycles. The maximum absolute atomic E-state index is 9.17. The Hall–Kier alpha value is 0.620. The van der Waals surface area contributed by atoms with Gasteiger partial charge >= 0.3 is 29.6 Å². The first-order valence-corrected chi connectivity index (χ1v) is 2.36. The summed E-state index contributed by atoms with van der Waals surface area (Å²) in [5.41, 5.74) is 0. The van der Waals surface area contributed by atoms with E-state index in [0.29, 0.717) is 0 Å². The molecule has 8 heavy (non-hydrogen) atoms. The summed E-state index contributed by atoms with van der Waals surface area (Å²) < 4.78 is 3.23. The Kier molecular flexibility index (Phi) is 8.21. The van der Waals surface area contributed by atoms with Gasteiger partial charge in [-0.1, -0.05) is 0 Å². The second kappa shape index (κ2) is 5.75. The van der Waals surface area contributed by atoms with Gasteiger partial charge in [0.15, 0.2) is 0 Å². The summed E-state index contributed by atoms with van der Waals surface area (Å²) >= 11 is 0. The maximum atomic E-state index is 9.17. The molecule has 42 valence electrons. The molecule has 0 rings (SSSR count). The van der Waals surface area contributed by atoms with Gasteiger partial charge in [-0.2, -0.15) is 0 Å². The van der Waals surface area contributed by atoms with Crippen LogP contribution in [0.25, 0.3) is 0 Å². The molecule has 0 aromatic heterocycles. The molecule has 0 bridgehead atoms. The monoisotopic (exact) mass is 148 g/mol.